The number of rotatable bonds is 5. The Morgan fingerprint density at radius 1 is 1.08 bits per heavy atom. The number of fused-ring (bicyclic) bond motifs is 3. The van der Waals surface area contributed by atoms with Crippen LogP contribution in [0.5, 0.6) is 0 Å². The number of esters is 1. The van der Waals surface area contributed by atoms with E-state index in [1.54, 1.807) is 0 Å². The normalized spacial score (nSPS) is 20.8. The molecule has 0 spiro atoms. The second-order valence-electron chi connectivity index (χ2n) is 11.1. The van der Waals surface area contributed by atoms with Gasteiger partial charge in [-0.15, -0.1) is 0 Å². The van der Waals surface area contributed by atoms with Crippen molar-refractivity contribution in [2.75, 3.05) is 6.54 Å². The molecule has 1 aromatic heterocycles. The van der Waals surface area contributed by atoms with Crippen LogP contribution < -0.4 is 10.6 Å². The van der Waals surface area contributed by atoms with Gasteiger partial charge in [-0.05, 0) is 76.6 Å². The topological polar surface area (TPSA) is 92.5 Å². The van der Waals surface area contributed by atoms with Crippen molar-refractivity contribution in [3.8, 4) is 0 Å². The molecule has 1 atom stereocenters. The number of hydrogen-bond acceptors (Lipinski definition) is 5. The van der Waals surface area contributed by atoms with Crippen LogP contribution >= 0.6 is 0 Å². The maximum Gasteiger partial charge on any atom is 0.407 e. The second kappa shape index (κ2) is 8.96. The van der Waals surface area contributed by atoms with Crippen molar-refractivity contribution >= 4 is 23.0 Å². The van der Waals surface area contributed by atoms with Crippen molar-refractivity contribution in [1.29, 1.82) is 0 Å². The number of amides is 1. The van der Waals surface area contributed by atoms with Gasteiger partial charge < -0.3 is 19.8 Å². The molecule has 190 valence electrons. The minimum absolute atomic E-state index is 0.159. The van der Waals surface area contributed by atoms with Gasteiger partial charge in [-0.25, -0.2) is 9.59 Å². The Balaban J connectivity index is 1.56. The highest BCUT2D eigenvalue weighted by atomic mass is 16.6. The molecule has 36 heavy (non-hydrogen) atoms. The summed E-state index contributed by atoms with van der Waals surface area (Å²) in [6, 6.07) is 15.8. The van der Waals surface area contributed by atoms with Gasteiger partial charge in [0.1, 0.15) is 12.2 Å². The molecule has 0 bridgehead atoms. The fraction of sp³-hybridized carbons (Fsp3) is 0.448. The van der Waals surface area contributed by atoms with Gasteiger partial charge in [0, 0.05) is 17.4 Å². The first-order chi connectivity index (χ1) is 17.1. The van der Waals surface area contributed by atoms with Gasteiger partial charge >= 0.3 is 12.1 Å². The SMILES string of the molecule is Cc1ccc2[nH]c3c(c2c1)CCNC3(C(=O)OC(C)(C)C)C1(NC(=O)OCc2ccccc2)CCC1. The van der Waals surface area contributed by atoms with E-state index >= 15 is 0 Å². The molecule has 1 fully saturated rings. The lowest BCUT2D eigenvalue weighted by atomic mass is 9.60. The molecule has 2 aliphatic rings. The molecular weight excluding hydrogens is 454 g/mol. The molecule has 1 aliphatic heterocycles. The third kappa shape index (κ3) is 4.15. The first-order valence-electron chi connectivity index (χ1n) is 12.7. The minimum atomic E-state index is -1.26. The molecule has 0 radical (unpaired) electrons. The predicted molar refractivity (Wildman–Crippen MR) is 139 cm³/mol. The lowest BCUT2D eigenvalue weighted by molar-refractivity contribution is -0.172. The van der Waals surface area contributed by atoms with E-state index in [1.807, 2.05) is 51.1 Å². The van der Waals surface area contributed by atoms with Crippen LogP contribution in [0.3, 0.4) is 0 Å². The van der Waals surface area contributed by atoms with E-state index in [0.717, 1.165) is 46.1 Å². The van der Waals surface area contributed by atoms with Crippen molar-refractivity contribution in [2.45, 2.75) is 76.7 Å². The summed E-state index contributed by atoms with van der Waals surface area (Å²) in [4.78, 5) is 30.8. The van der Waals surface area contributed by atoms with E-state index in [0.29, 0.717) is 19.4 Å². The number of aromatic nitrogens is 1. The van der Waals surface area contributed by atoms with Gasteiger partial charge in [-0.2, -0.15) is 0 Å². The highest BCUT2D eigenvalue weighted by molar-refractivity contribution is 5.93. The Hall–Kier alpha value is -3.32. The molecular formula is C29H35N3O4. The van der Waals surface area contributed by atoms with Crippen LogP contribution in [0.2, 0.25) is 0 Å². The zero-order chi connectivity index (χ0) is 25.6. The van der Waals surface area contributed by atoms with Gasteiger partial charge in [-0.1, -0.05) is 42.0 Å². The predicted octanol–water partition coefficient (Wildman–Crippen LogP) is 5.01. The van der Waals surface area contributed by atoms with E-state index in [-0.39, 0.29) is 12.6 Å². The van der Waals surface area contributed by atoms with E-state index < -0.39 is 22.8 Å². The second-order valence-corrected chi connectivity index (χ2v) is 11.1. The molecule has 2 aromatic carbocycles. The third-order valence-corrected chi connectivity index (χ3v) is 7.39. The number of aryl methyl sites for hydroxylation is 1. The number of nitrogens with one attached hydrogen (secondary N) is 3. The quantitative estimate of drug-likeness (QED) is 0.438. The lowest BCUT2D eigenvalue weighted by Gasteiger charge is -2.55. The summed E-state index contributed by atoms with van der Waals surface area (Å²) in [5, 5.41) is 7.77. The summed E-state index contributed by atoms with van der Waals surface area (Å²) in [6.45, 7) is 8.42. The first kappa shape index (κ1) is 24.4. The monoisotopic (exact) mass is 489 g/mol. The molecule has 1 saturated carbocycles. The summed E-state index contributed by atoms with van der Waals surface area (Å²) in [5.74, 6) is -0.387. The number of ether oxygens (including phenoxy) is 2. The molecule has 0 saturated heterocycles. The largest absolute Gasteiger partial charge is 0.458 e. The summed E-state index contributed by atoms with van der Waals surface area (Å²) in [6.07, 6.45) is 2.39. The molecule has 1 aliphatic carbocycles. The fourth-order valence-corrected chi connectivity index (χ4v) is 5.62. The van der Waals surface area contributed by atoms with Gasteiger partial charge in [0.05, 0.1) is 11.2 Å². The third-order valence-electron chi connectivity index (χ3n) is 7.39. The van der Waals surface area contributed by atoms with E-state index in [9.17, 15) is 9.59 Å². The molecule has 5 rings (SSSR count). The fourth-order valence-electron chi connectivity index (χ4n) is 5.62. The summed E-state index contributed by atoms with van der Waals surface area (Å²) < 4.78 is 11.6. The van der Waals surface area contributed by atoms with Crippen molar-refractivity contribution in [3.63, 3.8) is 0 Å². The summed E-state index contributed by atoms with van der Waals surface area (Å²) in [5.41, 5.74) is 2.09. The van der Waals surface area contributed by atoms with Gasteiger partial charge in [0.2, 0.25) is 0 Å². The Morgan fingerprint density at radius 2 is 1.83 bits per heavy atom. The van der Waals surface area contributed by atoms with E-state index in [4.69, 9.17) is 9.47 Å². The molecule has 1 amide bonds. The Kier molecular flexibility index (Phi) is 6.07. The molecule has 7 nitrogen and oxygen atoms in total. The lowest BCUT2D eigenvalue weighted by Crippen LogP contribution is -2.76. The van der Waals surface area contributed by atoms with Crippen LogP contribution in [0, 0.1) is 6.92 Å². The van der Waals surface area contributed by atoms with Crippen molar-refractivity contribution < 1.29 is 19.1 Å². The molecule has 7 heteroatoms. The highest BCUT2D eigenvalue weighted by Gasteiger charge is 2.65. The maximum absolute atomic E-state index is 14.1. The van der Waals surface area contributed by atoms with Crippen molar-refractivity contribution in [3.05, 3.63) is 70.9 Å². The number of alkyl carbamates (subject to hydrolysis) is 1. The van der Waals surface area contributed by atoms with Crippen LogP contribution in [0.1, 0.15) is 62.4 Å². The highest BCUT2D eigenvalue weighted by Crippen LogP contribution is 2.50. The van der Waals surface area contributed by atoms with Crippen molar-refractivity contribution in [1.82, 2.24) is 15.6 Å². The zero-order valence-corrected chi connectivity index (χ0v) is 21.5. The van der Waals surface area contributed by atoms with Crippen LogP contribution in [-0.4, -0.2) is 34.7 Å². The van der Waals surface area contributed by atoms with Crippen molar-refractivity contribution in [2.24, 2.45) is 0 Å². The molecule has 1 unspecified atom stereocenters. The molecule has 3 N–H and O–H groups in total. The Labute approximate surface area is 211 Å². The van der Waals surface area contributed by atoms with Crippen LogP contribution in [-0.2, 0) is 32.8 Å². The van der Waals surface area contributed by atoms with E-state index in [1.165, 1.54) is 0 Å². The number of benzene rings is 2. The van der Waals surface area contributed by atoms with E-state index in [2.05, 4.69) is 40.7 Å². The van der Waals surface area contributed by atoms with Crippen LogP contribution in [0.4, 0.5) is 4.79 Å². The molecule has 3 aromatic rings. The first-order valence-corrected chi connectivity index (χ1v) is 12.7. The Bertz CT molecular complexity index is 1290. The number of H-pyrrole nitrogens is 1. The number of carbonyl (C=O) groups excluding carboxylic acids is 2. The number of carbonyl (C=O) groups is 2. The van der Waals surface area contributed by atoms with Crippen LogP contribution in [0.15, 0.2) is 48.5 Å². The average molecular weight is 490 g/mol. The zero-order valence-electron chi connectivity index (χ0n) is 21.5. The summed E-state index contributed by atoms with van der Waals surface area (Å²) >= 11 is 0. The maximum atomic E-state index is 14.1. The van der Waals surface area contributed by atoms with Gasteiger partial charge in [-0.3, -0.25) is 5.32 Å². The standard InChI is InChI=1S/C29H35N3O4/c1-19-11-12-23-22(17-19)21-13-16-30-29(24(21)31-23,25(33)36-27(2,3)4)28(14-8-15-28)32-26(34)35-18-20-9-6-5-7-10-20/h5-7,9-12,17,30-31H,8,13-16,18H2,1-4H3,(H,32,34). The van der Waals surface area contributed by atoms with Gasteiger partial charge in [0.15, 0.2) is 5.54 Å². The smallest absolute Gasteiger partial charge is 0.407 e. The minimum Gasteiger partial charge on any atom is -0.458 e. The summed E-state index contributed by atoms with van der Waals surface area (Å²) in [7, 11) is 0. The average Bonchev–Trinajstić information content (AvgIpc) is 3.18. The Morgan fingerprint density at radius 3 is 2.50 bits per heavy atom. The number of aromatic amines is 1. The number of hydrogen-bond donors (Lipinski definition) is 3. The van der Waals surface area contributed by atoms with Crippen LogP contribution in [0.25, 0.3) is 10.9 Å². The van der Waals surface area contributed by atoms with Gasteiger partial charge in [0.25, 0.3) is 0 Å². The molecule has 2 heterocycles.